The number of carbonyl (C=O) groups excluding carboxylic acids is 1. The zero-order valence-corrected chi connectivity index (χ0v) is 16.8. The van der Waals surface area contributed by atoms with Gasteiger partial charge in [0.25, 0.3) is 5.91 Å². The number of sulfone groups is 1. The Bertz CT molecular complexity index is 1410. The number of nitrogens with zero attached hydrogens (tertiary/aromatic N) is 2. The summed E-state index contributed by atoms with van der Waals surface area (Å²) in [6.45, 7) is 0. The Kier molecular flexibility index (Phi) is 5.66. The van der Waals surface area contributed by atoms with Crippen LogP contribution in [0.2, 0.25) is 0 Å². The summed E-state index contributed by atoms with van der Waals surface area (Å²) in [5, 5.41) is 4.42. The van der Waals surface area contributed by atoms with Crippen LogP contribution in [-0.2, 0) is 19.9 Å². The first-order chi connectivity index (χ1) is 14.1. The van der Waals surface area contributed by atoms with Crippen molar-refractivity contribution in [2.45, 2.75) is 14.8 Å². The van der Waals surface area contributed by atoms with Crippen LogP contribution in [0.25, 0.3) is 0 Å². The minimum atomic E-state index is -4.59. The molecule has 0 radical (unpaired) electrons. The molecule has 0 saturated heterocycles. The van der Waals surface area contributed by atoms with E-state index in [0.29, 0.717) is 5.69 Å². The molecule has 152 valence electrons. The molecule has 11 heteroatoms. The fraction of sp³-hybridized carbons (Fsp3) is 0. The number of pyridine rings is 2. The van der Waals surface area contributed by atoms with Crippen LogP contribution in [0.1, 0.15) is 21.7 Å². The number of primary sulfonamides is 1. The summed E-state index contributed by atoms with van der Waals surface area (Å²) in [6.07, 6.45) is 1.54. The molecule has 0 spiro atoms. The van der Waals surface area contributed by atoms with E-state index < -0.39 is 46.1 Å². The van der Waals surface area contributed by atoms with E-state index in [2.05, 4.69) is 21.8 Å². The van der Waals surface area contributed by atoms with Crippen LogP contribution in [0.15, 0.2) is 75.6 Å². The van der Waals surface area contributed by atoms with Crippen molar-refractivity contribution in [3.8, 4) is 11.8 Å². The number of benzene rings is 1. The number of aromatic nitrogens is 2. The molecule has 3 aromatic rings. The third kappa shape index (κ3) is 4.36. The first kappa shape index (κ1) is 21.1. The topological polar surface area (TPSA) is 163 Å². The highest BCUT2D eigenvalue weighted by atomic mass is 32.2. The lowest BCUT2D eigenvalue weighted by Gasteiger charge is -2.11. The zero-order valence-electron chi connectivity index (χ0n) is 15.2. The van der Waals surface area contributed by atoms with Gasteiger partial charge < -0.3 is 5.73 Å². The number of carbonyl (C=O) groups is 1. The molecule has 0 unspecified atom stereocenters. The minimum Gasteiger partial charge on any atom is -0.366 e. The van der Waals surface area contributed by atoms with Gasteiger partial charge in [-0.2, -0.15) is 0 Å². The first-order valence-electron chi connectivity index (χ1n) is 8.21. The summed E-state index contributed by atoms with van der Waals surface area (Å²) in [7, 11) is -8.96. The zero-order chi connectivity index (χ0) is 21.9. The highest BCUT2D eigenvalue weighted by molar-refractivity contribution is 7.93. The van der Waals surface area contributed by atoms with Gasteiger partial charge in [0.1, 0.15) is 16.3 Å². The molecule has 0 fully saturated rings. The van der Waals surface area contributed by atoms with Crippen molar-refractivity contribution in [1.29, 1.82) is 0 Å². The van der Waals surface area contributed by atoms with E-state index in [1.165, 1.54) is 24.4 Å². The van der Waals surface area contributed by atoms with Gasteiger partial charge in [0.15, 0.2) is 5.03 Å². The Balaban J connectivity index is 2.22. The number of sulfonamides is 1. The Morgan fingerprint density at radius 3 is 2.07 bits per heavy atom. The van der Waals surface area contributed by atoms with Gasteiger partial charge in [-0.1, -0.05) is 18.2 Å². The number of nitrogens with two attached hydrogens (primary N) is 2. The number of hydrogen-bond donors (Lipinski definition) is 2. The van der Waals surface area contributed by atoms with Gasteiger partial charge in [0, 0.05) is 6.20 Å². The van der Waals surface area contributed by atoms with E-state index >= 15 is 0 Å². The summed E-state index contributed by atoms with van der Waals surface area (Å²) < 4.78 is 50.1. The summed E-state index contributed by atoms with van der Waals surface area (Å²) >= 11 is 0. The number of amides is 1. The maximum Gasteiger partial charge on any atom is 0.251 e. The Morgan fingerprint density at radius 2 is 1.47 bits per heavy atom. The smallest absolute Gasteiger partial charge is 0.251 e. The van der Waals surface area contributed by atoms with Crippen molar-refractivity contribution in [2.75, 3.05) is 0 Å². The first-order valence-corrected chi connectivity index (χ1v) is 11.2. The van der Waals surface area contributed by atoms with Crippen LogP contribution in [0.3, 0.4) is 0 Å². The van der Waals surface area contributed by atoms with Gasteiger partial charge in [0.05, 0.1) is 10.5 Å². The van der Waals surface area contributed by atoms with Crippen molar-refractivity contribution in [3.63, 3.8) is 0 Å². The maximum absolute atomic E-state index is 13.2. The van der Waals surface area contributed by atoms with E-state index in [0.717, 1.165) is 18.2 Å². The molecule has 0 bridgehead atoms. The van der Waals surface area contributed by atoms with Crippen LogP contribution in [0, 0.1) is 11.8 Å². The largest absolute Gasteiger partial charge is 0.366 e. The molecular weight excluding hydrogens is 428 g/mol. The molecule has 0 saturated carbocycles. The Morgan fingerprint density at radius 1 is 0.833 bits per heavy atom. The van der Waals surface area contributed by atoms with Gasteiger partial charge in [-0.15, -0.1) is 0 Å². The molecule has 0 aliphatic rings. The number of rotatable bonds is 4. The monoisotopic (exact) mass is 442 g/mol. The van der Waals surface area contributed by atoms with Gasteiger partial charge >= 0.3 is 0 Å². The second kappa shape index (κ2) is 8.03. The van der Waals surface area contributed by atoms with E-state index in [1.54, 1.807) is 18.2 Å². The molecule has 30 heavy (non-hydrogen) atoms. The van der Waals surface area contributed by atoms with Crippen LogP contribution < -0.4 is 10.9 Å². The maximum atomic E-state index is 13.2. The predicted molar refractivity (Wildman–Crippen MR) is 106 cm³/mol. The molecule has 4 N–H and O–H groups in total. The van der Waals surface area contributed by atoms with E-state index in [9.17, 15) is 21.6 Å². The highest BCUT2D eigenvalue weighted by Crippen LogP contribution is 2.27. The predicted octanol–water partition coefficient (Wildman–Crippen LogP) is 0.456. The molecule has 2 heterocycles. The summed E-state index contributed by atoms with van der Waals surface area (Å²) in [5.74, 6) is 4.31. The molecule has 9 nitrogen and oxygen atoms in total. The van der Waals surface area contributed by atoms with E-state index in [1.807, 2.05) is 0 Å². The highest BCUT2D eigenvalue weighted by Gasteiger charge is 2.30. The normalized spacial score (nSPS) is 11.4. The second-order valence-corrected chi connectivity index (χ2v) is 9.24. The molecule has 2 aromatic heterocycles. The SMILES string of the molecule is NC(=O)c1ccc(C#Cc2ccccn2)nc1S(=O)(=O)c1ccccc1S(N)(=O)=O. The average Bonchev–Trinajstić information content (AvgIpc) is 2.72. The average molecular weight is 442 g/mol. The van der Waals surface area contributed by atoms with Crippen LogP contribution in [-0.4, -0.2) is 32.7 Å². The molecule has 0 atom stereocenters. The van der Waals surface area contributed by atoms with Crippen LogP contribution >= 0.6 is 0 Å². The third-order valence-electron chi connectivity index (χ3n) is 3.81. The van der Waals surface area contributed by atoms with E-state index in [4.69, 9.17) is 10.9 Å². The van der Waals surface area contributed by atoms with Crippen molar-refractivity contribution in [1.82, 2.24) is 9.97 Å². The van der Waals surface area contributed by atoms with Crippen molar-refractivity contribution < 1.29 is 21.6 Å². The summed E-state index contributed by atoms with van der Waals surface area (Å²) in [6, 6.07) is 12.3. The second-order valence-electron chi connectivity index (χ2n) is 5.87. The minimum absolute atomic E-state index is 0.0114. The molecular formula is C19H14N4O5S2. The van der Waals surface area contributed by atoms with Gasteiger partial charge in [-0.05, 0) is 48.2 Å². The fourth-order valence-corrected chi connectivity index (χ4v) is 5.25. The van der Waals surface area contributed by atoms with Gasteiger partial charge in [-0.25, -0.2) is 31.9 Å². The number of primary amides is 1. The Labute approximate surface area is 172 Å². The molecule has 1 aromatic carbocycles. The fourth-order valence-electron chi connectivity index (χ4n) is 2.48. The Hall–Kier alpha value is -3.59. The number of hydrogen-bond acceptors (Lipinski definition) is 7. The van der Waals surface area contributed by atoms with Crippen molar-refractivity contribution in [3.05, 3.63) is 77.7 Å². The van der Waals surface area contributed by atoms with E-state index in [-0.39, 0.29) is 5.69 Å². The van der Waals surface area contributed by atoms with Gasteiger partial charge in [-0.3, -0.25) is 4.79 Å². The third-order valence-corrected chi connectivity index (χ3v) is 6.66. The lowest BCUT2D eigenvalue weighted by atomic mass is 10.2. The lowest BCUT2D eigenvalue weighted by Crippen LogP contribution is -2.21. The lowest BCUT2D eigenvalue weighted by molar-refractivity contribution is 0.0996. The summed E-state index contributed by atoms with van der Waals surface area (Å²) in [5.41, 5.74) is 5.31. The van der Waals surface area contributed by atoms with Crippen molar-refractivity contribution in [2.24, 2.45) is 10.9 Å². The molecule has 0 aliphatic heterocycles. The van der Waals surface area contributed by atoms with Gasteiger partial charge in [0.2, 0.25) is 19.9 Å². The molecule has 3 rings (SSSR count). The standard InChI is InChI=1S/C19H14N4O5S2/c20-18(24)15-11-10-14(9-8-13-5-3-4-12-22-13)23-19(15)29(25,26)16-6-1-2-7-17(16)30(21,27)28/h1-7,10-12H,(H2,20,24)(H2,21,27,28). The van der Waals surface area contributed by atoms with Crippen molar-refractivity contribution >= 4 is 25.8 Å². The quantitative estimate of drug-likeness (QED) is 0.554. The molecule has 1 amide bonds. The van der Waals surface area contributed by atoms with Crippen LogP contribution in [0.5, 0.6) is 0 Å². The van der Waals surface area contributed by atoms with Crippen LogP contribution in [0.4, 0.5) is 0 Å². The molecule has 0 aliphatic carbocycles. The summed E-state index contributed by atoms with van der Waals surface area (Å²) in [4.78, 5) is 18.5.